The van der Waals surface area contributed by atoms with Crippen LogP contribution >= 0.6 is 0 Å². The Bertz CT molecular complexity index is 344. The summed E-state index contributed by atoms with van der Waals surface area (Å²) in [5.74, 6) is -0.624. The molecule has 0 radical (unpaired) electrons. The second kappa shape index (κ2) is 4.41. The lowest BCUT2D eigenvalue weighted by Crippen LogP contribution is -2.35. The van der Waals surface area contributed by atoms with Crippen molar-refractivity contribution in [3.05, 3.63) is 17.8 Å². The Kier molecular flexibility index (Phi) is 2.98. The van der Waals surface area contributed by atoms with Crippen LogP contribution in [0.4, 0.5) is 0 Å². The summed E-state index contributed by atoms with van der Waals surface area (Å²) >= 11 is 0. The molecule has 2 rings (SSSR count). The molecule has 0 spiro atoms. The molecule has 1 aliphatic rings. The van der Waals surface area contributed by atoms with Crippen LogP contribution in [0.5, 0.6) is 0 Å². The zero-order valence-corrected chi connectivity index (χ0v) is 8.18. The van der Waals surface area contributed by atoms with Gasteiger partial charge in [-0.15, -0.1) is 0 Å². The summed E-state index contributed by atoms with van der Waals surface area (Å²) in [7, 11) is 0. The van der Waals surface area contributed by atoms with Gasteiger partial charge < -0.3 is 14.3 Å². The number of hydrogen-bond acceptors (Lipinski definition) is 5. The standard InChI is InChI=1S/C9H12N2O4/c12-9(13)7-6-15-8(10-7)5-11-1-3-14-4-2-11/h6H,1-5H2,(H,12,13). The first-order valence-corrected chi connectivity index (χ1v) is 4.73. The van der Waals surface area contributed by atoms with Gasteiger partial charge in [0.15, 0.2) is 5.69 Å². The average molecular weight is 212 g/mol. The van der Waals surface area contributed by atoms with Gasteiger partial charge in [0.05, 0.1) is 19.8 Å². The molecule has 1 aromatic rings. The molecule has 0 bridgehead atoms. The molecule has 0 saturated carbocycles. The first kappa shape index (κ1) is 10.1. The van der Waals surface area contributed by atoms with E-state index in [9.17, 15) is 4.79 Å². The van der Waals surface area contributed by atoms with Gasteiger partial charge >= 0.3 is 5.97 Å². The SMILES string of the molecule is O=C(O)c1coc(CN2CCOCC2)n1. The number of ether oxygens (including phenoxy) is 1. The zero-order valence-electron chi connectivity index (χ0n) is 8.18. The van der Waals surface area contributed by atoms with E-state index in [0.717, 1.165) is 19.4 Å². The van der Waals surface area contributed by atoms with Gasteiger partial charge in [0.2, 0.25) is 5.89 Å². The third-order valence-electron chi connectivity index (χ3n) is 2.23. The number of carboxylic acids is 1. The average Bonchev–Trinajstić information content (AvgIpc) is 2.68. The molecule has 0 aromatic carbocycles. The summed E-state index contributed by atoms with van der Waals surface area (Å²) in [6, 6.07) is 0. The van der Waals surface area contributed by atoms with E-state index < -0.39 is 5.97 Å². The van der Waals surface area contributed by atoms with Crippen LogP contribution in [0, 0.1) is 0 Å². The summed E-state index contributed by atoms with van der Waals surface area (Å²) < 4.78 is 10.2. The molecule has 1 N–H and O–H groups in total. The molecule has 82 valence electrons. The first-order valence-electron chi connectivity index (χ1n) is 4.73. The van der Waals surface area contributed by atoms with E-state index in [1.54, 1.807) is 0 Å². The van der Waals surface area contributed by atoms with Gasteiger partial charge in [0.1, 0.15) is 6.26 Å². The van der Waals surface area contributed by atoms with Crippen LogP contribution in [-0.2, 0) is 11.3 Å². The molecule has 1 aliphatic heterocycles. The van der Waals surface area contributed by atoms with E-state index in [1.807, 2.05) is 0 Å². The van der Waals surface area contributed by atoms with Crippen LogP contribution in [0.2, 0.25) is 0 Å². The Morgan fingerprint density at radius 1 is 1.53 bits per heavy atom. The van der Waals surface area contributed by atoms with Gasteiger partial charge in [0, 0.05) is 13.1 Å². The summed E-state index contributed by atoms with van der Waals surface area (Å²) in [4.78, 5) is 16.5. The van der Waals surface area contributed by atoms with Crippen molar-refractivity contribution in [1.82, 2.24) is 9.88 Å². The molecule has 0 unspecified atom stereocenters. The zero-order chi connectivity index (χ0) is 10.7. The van der Waals surface area contributed by atoms with Gasteiger partial charge in [-0.25, -0.2) is 9.78 Å². The van der Waals surface area contributed by atoms with Crippen molar-refractivity contribution in [1.29, 1.82) is 0 Å². The molecule has 6 heteroatoms. The summed E-state index contributed by atoms with van der Waals surface area (Å²) in [5, 5.41) is 8.65. The third kappa shape index (κ3) is 2.54. The van der Waals surface area contributed by atoms with E-state index >= 15 is 0 Å². The number of nitrogens with zero attached hydrogens (tertiary/aromatic N) is 2. The van der Waals surface area contributed by atoms with Gasteiger partial charge in [-0.1, -0.05) is 0 Å². The highest BCUT2D eigenvalue weighted by atomic mass is 16.5. The van der Waals surface area contributed by atoms with E-state index in [2.05, 4.69) is 9.88 Å². The van der Waals surface area contributed by atoms with Crippen LogP contribution < -0.4 is 0 Å². The molecular weight excluding hydrogens is 200 g/mol. The molecule has 1 aromatic heterocycles. The summed E-state index contributed by atoms with van der Waals surface area (Å²) in [6.45, 7) is 3.59. The molecule has 0 atom stereocenters. The maximum Gasteiger partial charge on any atom is 0.357 e. The number of carbonyl (C=O) groups is 1. The van der Waals surface area contributed by atoms with E-state index in [1.165, 1.54) is 0 Å². The monoisotopic (exact) mass is 212 g/mol. The normalized spacial score (nSPS) is 17.9. The Morgan fingerprint density at radius 2 is 2.27 bits per heavy atom. The van der Waals surface area contributed by atoms with E-state index in [-0.39, 0.29) is 5.69 Å². The van der Waals surface area contributed by atoms with Gasteiger partial charge in [0.25, 0.3) is 0 Å². The lowest BCUT2D eigenvalue weighted by molar-refractivity contribution is 0.0305. The minimum absolute atomic E-state index is 0.0433. The van der Waals surface area contributed by atoms with Crippen LogP contribution in [-0.4, -0.2) is 47.3 Å². The highest BCUT2D eigenvalue weighted by Crippen LogP contribution is 2.07. The highest BCUT2D eigenvalue weighted by Gasteiger charge is 2.15. The van der Waals surface area contributed by atoms with Crippen molar-refractivity contribution in [3.8, 4) is 0 Å². The maximum atomic E-state index is 10.6. The Hall–Kier alpha value is -1.40. The van der Waals surface area contributed by atoms with Crippen molar-refractivity contribution >= 4 is 5.97 Å². The Morgan fingerprint density at radius 3 is 2.87 bits per heavy atom. The number of aromatic carboxylic acids is 1. The van der Waals surface area contributed by atoms with Gasteiger partial charge in [-0.3, -0.25) is 4.90 Å². The number of hydrogen-bond donors (Lipinski definition) is 1. The fraction of sp³-hybridized carbons (Fsp3) is 0.556. The minimum atomic E-state index is -1.06. The number of morpholine rings is 1. The van der Waals surface area contributed by atoms with E-state index in [0.29, 0.717) is 25.6 Å². The molecule has 15 heavy (non-hydrogen) atoms. The smallest absolute Gasteiger partial charge is 0.357 e. The van der Waals surface area contributed by atoms with Crippen LogP contribution in [0.15, 0.2) is 10.7 Å². The van der Waals surface area contributed by atoms with Crippen molar-refractivity contribution < 1.29 is 19.1 Å². The first-order chi connectivity index (χ1) is 7.25. The minimum Gasteiger partial charge on any atom is -0.476 e. The maximum absolute atomic E-state index is 10.6. The molecule has 1 saturated heterocycles. The number of oxazole rings is 1. The number of carboxylic acid groups (broad SMARTS) is 1. The van der Waals surface area contributed by atoms with Crippen LogP contribution in [0.25, 0.3) is 0 Å². The Labute approximate surface area is 86.5 Å². The van der Waals surface area contributed by atoms with Crippen molar-refractivity contribution in [2.75, 3.05) is 26.3 Å². The van der Waals surface area contributed by atoms with Crippen molar-refractivity contribution in [2.24, 2.45) is 0 Å². The van der Waals surface area contributed by atoms with Gasteiger partial charge in [-0.2, -0.15) is 0 Å². The molecule has 0 aliphatic carbocycles. The highest BCUT2D eigenvalue weighted by molar-refractivity contribution is 5.84. The van der Waals surface area contributed by atoms with Crippen molar-refractivity contribution in [3.63, 3.8) is 0 Å². The lowest BCUT2D eigenvalue weighted by Gasteiger charge is -2.24. The summed E-state index contributed by atoms with van der Waals surface area (Å²) in [5.41, 5.74) is -0.0433. The molecular formula is C9H12N2O4. The third-order valence-corrected chi connectivity index (χ3v) is 2.23. The van der Waals surface area contributed by atoms with Gasteiger partial charge in [-0.05, 0) is 0 Å². The largest absolute Gasteiger partial charge is 0.476 e. The lowest BCUT2D eigenvalue weighted by atomic mass is 10.4. The van der Waals surface area contributed by atoms with E-state index in [4.69, 9.17) is 14.3 Å². The second-order valence-corrected chi connectivity index (χ2v) is 3.32. The quantitative estimate of drug-likeness (QED) is 0.771. The molecule has 0 amide bonds. The molecule has 6 nitrogen and oxygen atoms in total. The fourth-order valence-electron chi connectivity index (χ4n) is 1.43. The fourth-order valence-corrected chi connectivity index (χ4v) is 1.43. The number of rotatable bonds is 3. The van der Waals surface area contributed by atoms with Crippen LogP contribution in [0.1, 0.15) is 16.4 Å². The van der Waals surface area contributed by atoms with Crippen molar-refractivity contribution in [2.45, 2.75) is 6.54 Å². The topological polar surface area (TPSA) is 75.8 Å². The molecule has 2 heterocycles. The number of aromatic nitrogens is 1. The second-order valence-electron chi connectivity index (χ2n) is 3.32. The Balaban J connectivity index is 1.94. The summed E-state index contributed by atoms with van der Waals surface area (Å²) in [6.07, 6.45) is 1.16. The van der Waals surface area contributed by atoms with Crippen LogP contribution in [0.3, 0.4) is 0 Å². The predicted molar refractivity (Wildman–Crippen MR) is 49.6 cm³/mol. The molecule has 1 fully saturated rings. The predicted octanol–water partition coefficient (Wildman–Crippen LogP) is 0.205.